The number of carbonyl (C=O) groups excluding carboxylic acids is 1. The number of carbonyl (C=O) groups is 2. The summed E-state index contributed by atoms with van der Waals surface area (Å²) in [6.07, 6.45) is 5.53. The Kier molecular flexibility index (Phi) is 3.62. The summed E-state index contributed by atoms with van der Waals surface area (Å²) >= 11 is 0. The van der Waals surface area contributed by atoms with Crippen molar-refractivity contribution in [1.29, 1.82) is 0 Å². The lowest BCUT2D eigenvalue weighted by Crippen LogP contribution is -2.60. The van der Waals surface area contributed by atoms with Gasteiger partial charge in [0.15, 0.2) is 0 Å². The highest BCUT2D eigenvalue weighted by atomic mass is 16.7. The Morgan fingerprint density at radius 2 is 1.86 bits per heavy atom. The third kappa shape index (κ3) is 2.62. The number of hydrogen-bond acceptors (Lipinski definition) is 4. The molecule has 0 saturated heterocycles. The van der Waals surface area contributed by atoms with Gasteiger partial charge in [-0.3, -0.25) is 4.79 Å². The molecule has 0 aromatic carbocycles. The molecule has 1 N–H and O–H groups in total. The van der Waals surface area contributed by atoms with Crippen LogP contribution in [0.15, 0.2) is 0 Å². The second-order valence-electron chi connectivity index (χ2n) is 7.28. The lowest BCUT2D eigenvalue weighted by atomic mass is 9.48. The van der Waals surface area contributed by atoms with Crippen molar-refractivity contribution < 1.29 is 24.2 Å². The lowest BCUT2D eigenvalue weighted by molar-refractivity contribution is -0.199. The molecule has 2 unspecified atom stereocenters. The summed E-state index contributed by atoms with van der Waals surface area (Å²) in [7, 11) is 0. The molecule has 0 aromatic rings. The topological polar surface area (TPSA) is 72.8 Å². The van der Waals surface area contributed by atoms with Crippen LogP contribution in [-0.4, -0.2) is 29.4 Å². The summed E-state index contributed by atoms with van der Waals surface area (Å²) in [6.45, 7) is 2.54. The molecule has 0 radical (unpaired) electrons. The molecular formula is C16H24O5. The number of carboxylic acid groups (broad SMARTS) is 1. The van der Waals surface area contributed by atoms with Gasteiger partial charge in [-0.15, -0.1) is 0 Å². The quantitative estimate of drug-likeness (QED) is 0.622. The lowest BCUT2D eigenvalue weighted by Gasteiger charge is -2.59. The molecule has 21 heavy (non-hydrogen) atoms. The predicted octanol–water partition coefficient (Wildman–Crippen LogP) is 3.36. The van der Waals surface area contributed by atoms with E-state index in [9.17, 15) is 9.59 Å². The van der Waals surface area contributed by atoms with Crippen molar-refractivity contribution in [3.05, 3.63) is 0 Å². The first-order valence-electron chi connectivity index (χ1n) is 8.06. The van der Waals surface area contributed by atoms with Gasteiger partial charge in [-0.2, -0.15) is 0 Å². The Labute approximate surface area is 125 Å². The standard InChI is InChI=1S/C16H24O5/c1-2-3-4-20-13(17)15-6-11-5-12(7-15)9-16(8-11,10-15)21-14(18)19/h11-12H,2-10H2,1H3,(H,18,19). The van der Waals surface area contributed by atoms with Gasteiger partial charge in [-0.25, -0.2) is 4.79 Å². The van der Waals surface area contributed by atoms with Crippen molar-refractivity contribution in [2.75, 3.05) is 6.61 Å². The van der Waals surface area contributed by atoms with Gasteiger partial charge in [0.05, 0.1) is 12.0 Å². The first-order chi connectivity index (χ1) is 9.97. The number of hydrogen-bond donors (Lipinski definition) is 1. The second kappa shape index (κ2) is 5.18. The van der Waals surface area contributed by atoms with E-state index in [4.69, 9.17) is 14.6 Å². The van der Waals surface area contributed by atoms with E-state index in [-0.39, 0.29) is 5.97 Å². The summed E-state index contributed by atoms with van der Waals surface area (Å²) in [6, 6.07) is 0. The van der Waals surface area contributed by atoms with E-state index in [0.29, 0.717) is 24.9 Å². The Morgan fingerprint density at radius 3 is 2.43 bits per heavy atom. The van der Waals surface area contributed by atoms with Crippen molar-refractivity contribution in [3.8, 4) is 0 Å². The molecule has 5 heteroatoms. The zero-order valence-corrected chi connectivity index (χ0v) is 12.6. The number of ether oxygens (including phenoxy) is 2. The second-order valence-corrected chi connectivity index (χ2v) is 7.28. The Balaban J connectivity index is 1.76. The van der Waals surface area contributed by atoms with Gasteiger partial charge in [0.2, 0.25) is 0 Å². The molecule has 0 heterocycles. The predicted molar refractivity (Wildman–Crippen MR) is 74.8 cm³/mol. The summed E-state index contributed by atoms with van der Waals surface area (Å²) in [4.78, 5) is 23.6. The molecule has 4 rings (SSSR count). The Morgan fingerprint density at radius 1 is 1.19 bits per heavy atom. The van der Waals surface area contributed by atoms with Gasteiger partial charge in [0.1, 0.15) is 5.60 Å². The molecule has 4 saturated carbocycles. The van der Waals surface area contributed by atoms with Crippen LogP contribution in [0.1, 0.15) is 58.3 Å². The molecular weight excluding hydrogens is 272 g/mol. The van der Waals surface area contributed by atoms with E-state index in [1.54, 1.807) is 0 Å². The van der Waals surface area contributed by atoms with Gasteiger partial charge in [0.25, 0.3) is 0 Å². The fourth-order valence-electron chi connectivity index (χ4n) is 5.18. The largest absolute Gasteiger partial charge is 0.506 e. The van der Waals surface area contributed by atoms with Gasteiger partial charge in [0, 0.05) is 6.42 Å². The normalized spacial score (nSPS) is 40.0. The van der Waals surface area contributed by atoms with Crippen LogP contribution in [0.5, 0.6) is 0 Å². The summed E-state index contributed by atoms with van der Waals surface area (Å²) in [5, 5.41) is 9.03. The van der Waals surface area contributed by atoms with Crippen LogP contribution in [0.2, 0.25) is 0 Å². The van der Waals surface area contributed by atoms with E-state index in [1.165, 1.54) is 0 Å². The van der Waals surface area contributed by atoms with Crippen molar-refractivity contribution in [2.45, 2.75) is 63.9 Å². The smallest absolute Gasteiger partial charge is 0.465 e. The van der Waals surface area contributed by atoms with E-state index in [2.05, 4.69) is 6.92 Å². The van der Waals surface area contributed by atoms with Gasteiger partial charge in [-0.1, -0.05) is 13.3 Å². The highest BCUT2D eigenvalue weighted by molar-refractivity contribution is 5.78. The van der Waals surface area contributed by atoms with Crippen LogP contribution in [-0.2, 0) is 14.3 Å². The third-order valence-corrected chi connectivity index (χ3v) is 5.48. The molecule has 4 fully saturated rings. The fraction of sp³-hybridized carbons (Fsp3) is 0.875. The van der Waals surface area contributed by atoms with Crippen LogP contribution in [0.25, 0.3) is 0 Å². The third-order valence-electron chi connectivity index (χ3n) is 5.48. The van der Waals surface area contributed by atoms with E-state index in [1.807, 2.05) is 0 Å². The van der Waals surface area contributed by atoms with Crippen LogP contribution < -0.4 is 0 Å². The Bertz CT molecular complexity index is 430. The average molecular weight is 296 g/mol. The number of unbranched alkanes of at least 4 members (excludes halogenated alkanes) is 1. The average Bonchev–Trinajstić information content (AvgIpc) is 2.35. The zero-order chi connectivity index (χ0) is 15.1. The highest BCUT2D eigenvalue weighted by Gasteiger charge is 2.63. The SMILES string of the molecule is CCCCOC(=O)C12CC3CC(CC(OC(=O)O)(C3)C1)C2. The molecule has 0 aromatic heterocycles. The van der Waals surface area contributed by atoms with Crippen molar-refractivity contribution in [1.82, 2.24) is 0 Å². The molecule has 4 bridgehead atoms. The molecule has 0 spiro atoms. The maximum absolute atomic E-state index is 12.6. The van der Waals surface area contributed by atoms with Crippen molar-refractivity contribution >= 4 is 12.1 Å². The zero-order valence-electron chi connectivity index (χ0n) is 12.6. The van der Waals surface area contributed by atoms with Crippen molar-refractivity contribution in [3.63, 3.8) is 0 Å². The molecule has 0 aliphatic heterocycles. The molecule has 4 aliphatic rings. The van der Waals surface area contributed by atoms with Gasteiger partial charge < -0.3 is 14.6 Å². The summed E-state index contributed by atoms with van der Waals surface area (Å²) in [5.74, 6) is 0.692. The van der Waals surface area contributed by atoms with Crippen LogP contribution in [0, 0.1) is 17.3 Å². The summed E-state index contributed by atoms with van der Waals surface area (Å²) < 4.78 is 10.7. The highest BCUT2D eigenvalue weighted by Crippen LogP contribution is 2.63. The number of esters is 1. The van der Waals surface area contributed by atoms with Crippen molar-refractivity contribution in [2.24, 2.45) is 17.3 Å². The maximum Gasteiger partial charge on any atom is 0.506 e. The fourth-order valence-corrected chi connectivity index (χ4v) is 5.18. The first kappa shape index (κ1) is 14.7. The Hall–Kier alpha value is -1.26. The molecule has 0 amide bonds. The first-order valence-corrected chi connectivity index (χ1v) is 8.06. The minimum atomic E-state index is -1.22. The van der Waals surface area contributed by atoms with Crippen LogP contribution >= 0.6 is 0 Å². The molecule has 4 aliphatic carbocycles. The molecule has 118 valence electrons. The van der Waals surface area contributed by atoms with E-state index >= 15 is 0 Å². The van der Waals surface area contributed by atoms with Gasteiger partial charge >= 0.3 is 12.1 Å². The minimum Gasteiger partial charge on any atom is -0.465 e. The molecule has 5 nitrogen and oxygen atoms in total. The van der Waals surface area contributed by atoms with E-state index in [0.717, 1.165) is 44.9 Å². The monoisotopic (exact) mass is 296 g/mol. The maximum atomic E-state index is 12.6. The summed E-state index contributed by atoms with van der Waals surface area (Å²) in [5.41, 5.74) is -1.13. The number of rotatable bonds is 5. The van der Waals surface area contributed by atoms with Crippen LogP contribution in [0.4, 0.5) is 4.79 Å². The molecule has 2 atom stereocenters. The minimum absolute atomic E-state index is 0.122. The van der Waals surface area contributed by atoms with Crippen LogP contribution in [0.3, 0.4) is 0 Å². The van der Waals surface area contributed by atoms with E-state index < -0.39 is 17.2 Å². The van der Waals surface area contributed by atoms with Gasteiger partial charge in [-0.05, 0) is 50.4 Å².